The molecule has 15 nitrogen and oxygen atoms in total. The average Bonchev–Trinajstić information content (AvgIpc) is 3.43. The molecule has 2 rings (SSSR count). The van der Waals surface area contributed by atoms with Crippen LogP contribution in [0.15, 0.2) is 6.20 Å². The van der Waals surface area contributed by atoms with Gasteiger partial charge in [0, 0.05) is 27.2 Å². The first kappa shape index (κ1) is 39.2. The Balaban J connectivity index is 0.00000295. The number of aromatic nitrogens is 3. The predicted octanol–water partition coefficient (Wildman–Crippen LogP) is 0.00580. The van der Waals surface area contributed by atoms with Crippen molar-refractivity contribution in [3.8, 4) is 0 Å². The molecule has 0 radical (unpaired) electrons. The number of methoxy groups -OCH3 is 1. The molecule has 1 aromatic rings. The Morgan fingerprint density at radius 1 is 1.05 bits per heavy atom. The molecule has 0 aromatic carbocycles. The second-order valence-electron chi connectivity index (χ2n) is 10.5. The number of aliphatic hydroxyl groups is 2. The van der Waals surface area contributed by atoms with Gasteiger partial charge in [0.05, 0.1) is 78.3 Å². The number of carbonyl (C=O) groups excluding carboxylic acids is 1. The topological polar surface area (TPSA) is 191 Å². The van der Waals surface area contributed by atoms with Crippen LogP contribution in [-0.2, 0) is 51.1 Å². The van der Waals surface area contributed by atoms with Gasteiger partial charge in [-0.2, -0.15) is 0 Å². The van der Waals surface area contributed by atoms with E-state index >= 15 is 0 Å². The molecule has 0 bridgehead atoms. The summed E-state index contributed by atoms with van der Waals surface area (Å²) in [6.45, 7) is 8.66. The van der Waals surface area contributed by atoms with E-state index in [1.807, 2.05) is 0 Å². The Morgan fingerprint density at radius 2 is 1.67 bits per heavy atom. The van der Waals surface area contributed by atoms with E-state index in [1.165, 1.54) is 0 Å². The number of nitrogens with zero attached hydrogens (tertiary/aromatic N) is 3. The number of aliphatic hydroxyl groups excluding tert-OH is 2. The molecule has 1 aromatic heterocycles. The standard InChI is InChI=1S/C26H49N5O9.C2H6O/c1-26(2,28-24(33)6-4-3-5-8-27)40-19-21-18-31(30-29-21)9-11-35-12-13-36-14-15-37-16-17-38-20-23-25(34)22(32)7-10-39-23;1-3-2/h18,22-23,25,32,34H,3-17,19-20,27H2,1-2H3,(H,28,33);1-2H3. The van der Waals surface area contributed by atoms with Crippen LogP contribution in [0.5, 0.6) is 0 Å². The number of amides is 1. The third-order valence-electron chi connectivity index (χ3n) is 6.10. The number of nitrogens with two attached hydrogens (primary N) is 1. The van der Waals surface area contributed by atoms with Crippen LogP contribution in [0.3, 0.4) is 0 Å². The van der Waals surface area contributed by atoms with Gasteiger partial charge in [-0.15, -0.1) is 5.10 Å². The highest BCUT2D eigenvalue weighted by Crippen LogP contribution is 2.15. The second-order valence-corrected chi connectivity index (χ2v) is 10.5. The van der Waals surface area contributed by atoms with Gasteiger partial charge in [0.15, 0.2) is 0 Å². The molecule has 5 N–H and O–H groups in total. The molecule has 1 saturated heterocycles. The highest BCUT2D eigenvalue weighted by molar-refractivity contribution is 5.76. The van der Waals surface area contributed by atoms with Crippen molar-refractivity contribution in [3.05, 3.63) is 11.9 Å². The zero-order chi connectivity index (χ0) is 31.8. The van der Waals surface area contributed by atoms with Crippen molar-refractivity contribution < 1.29 is 48.2 Å². The first-order valence-corrected chi connectivity index (χ1v) is 14.9. The van der Waals surface area contributed by atoms with Crippen LogP contribution in [0, 0.1) is 0 Å². The molecule has 15 heteroatoms. The summed E-state index contributed by atoms with van der Waals surface area (Å²) in [5.74, 6) is -0.0464. The van der Waals surface area contributed by atoms with Crippen molar-refractivity contribution in [3.63, 3.8) is 0 Å². The van der Waals surface area contributed by atoms with Gasteiger partial charge < -0.3 is 54.4 Å². The molecule has 1 aliphatic heterocycles. The van der Waals surface area contributed by atoms with Gasteiger partial charge in [0.25, 0.3) is 0 Å². The minimum absolute atomic E-state index is 0.0464. The third-order valence-corrected chi connectivity index (χ3v) is 6.10. The molecular weight excluding hydrogens is 566 g/mol. The number of rotatable bonds is 23. The summed E-state index contributed by atoms with van der Waals surface area (Å²) >= 11 is 0. The van der Waals surface area contributed by atoms with Crippen LogP contribution >= 0.6 is 0 Å². The monoisotopic (exact) mass is 621 g/mol. The molecule has 2 heterocycles. The maximum atomic E-state index is 12.1. The zero-order valence-corrected chi connectivity index (χ0v) is 26.4. The Morgan fingerprint density at radius 3 is 2.33 bits per heavy atom. The largest absolute Gasteiger partial charge is 0.390 e. The quantitative estimate of drug-likeness (QED) is 0.0945. The third kappa shape index (κ3) is 20.0. The fraction of sp³-hybridized carbons (Fsp3) is 0.893. The number of ether oxygens (including phenoxy) is 7. The van der Waals surface area contributed by atoms with E-state index in [0.717, 1.165) is 19.3 Å². The summed E-state index contributed by atoms with van der Waals surface area (Å²) in [7, 11) is 3.25. The van der Waals surface area contributed by atoms with Crippen LogP contribution in [0.4, 0.5) is 0 Å². The fourth-order valence-electron chi connectivity index (χ4n) is 3.83. The van der Waals surface area contributed by atoms with E-state index in [4.69, 9.17) is 34.2 Å². The van der Waals surface area contributed by atoms with Gasteiger partial charge in [-0.05, 0) is 39.7 Å². The van der Waals surface area contributed by atoms with Crippen molar-refractivity contribution in [1.82, 2.24) is 20.3 Å². The summed E-state index contributed by atoms with van der Waals surface area (Å²) in [5.41, 5.74) is 5.33. The SMILES string of the molecule is CC(C)(NC(=O)CCCCCN)OCc1cn(CCOCCOCCOCCOCC2OCCC(O)C2O)nn1.COC. The Bertz CT molecular complexity index is 817. The van der Waals surface area contributed by atoms with E-state index in [9.17, 15) is 15.0 Å². The maximum absolute atomic E-state index is 12.1. The van der Waals surface area contributed by atoms with Gasteiger partial charge in [-0.25, -0.2) is 4.68 Å². The van der Waals surface area contributed by atoms with Crippen LogP contribution in [0.2, 0.25) is 0 Å². The molecule has 0 saturated carbocycles. The summed E-state index contributed by atoms with van der Waals surface area (Å²) in [6, 6.07) is 0. The van der Waals surface area contributed by atoms with E-state index in [-0.39, 0.29) is 19.1 Å². The highest BCUT2D eigenvalue weighted by atomic mass is 16.6. The maximum Gasteiger partial charge on any atom is 0.222 e. The molecule has 3 unspecified atom stereocenters. The predicted molar refractivity (Wildman–Crippen MR) is 157 cm³/mol. The second kappa shape index (κ2) is 24.5. The molecule has 1 aliphatic rings. The number of carbonyl (C=O) groups is 1. The molecule has 3 atom stereocenters. The Hall–Kier alpha value is -1.79. The smallest absolute Gasteiger partial charge is 0.222 e. The molecule has 43 heavy (non-hydrogen) atoms. The molecular formula is C28H55N5O10. The summed E-state index contributed by atoms with van der Waals surface area (Å²) < 4.78 is 39.1. The van der Waals surface area contributed by atoms with E-state index < -0.39 is 24.0 Å². The van der Waals surface area contributed by atoms with Crippen LogP contribution in [0.25, 0.3) is 0 Å². The van der Waals surface area contributed by atoms with E-state index in [2.05, 4.69) is 20.4 Å². The van der Waals surface area contributed by atoms with E-state index in [1.54, 1.807) is 38.9 Å². The summed E-state index contributed by atoms with van der Waals surface area (Å²) in [6.07, 6.45) is 3.17. The highest BCUT2D eigenvalue weighted by Gasteiger charge is 2.31. The fourth-order valence-corrected chi connectivity index (χ4v) is 3.83. The minimum atomic E-state index is -0.917. The summed E-state index contributed by atoms with van der Waals surface area (Å²) in [4.78, 5) is 12.1. The molecule has 0 spiro atoms. The lowest BCUT2D eigenvalue weighted by Crippen LogP contribution is -2.46. The molecule has 0 aliphatic carbocycles. The first-order valence-electron chi connectivity index (χ1n) is 14.9. The van der Waals surface area contributed by atoms with Crippen LogP contribution in [0.1, 0.15) is 51.6 Å². The van der Waals surface area contributed by atoms with Gasteiger partial charge in [0.1, 0.15) is 23.6 Å². The van der Waals surface area contributed by atoms with Crippen molar-refractivity contribution in [2.75, 3.05) is 80.2 Å². The molecule has 252 valence electrons. The Labute approximate surface area is 255 Å². The van der Waals surface area contributed by atoms with Gasteiger partial charge in [0.2, 0.25) is 5.91 Å². The lowest BCUT2D eigenvalue weighted by atomic mass is 10.0. The van der Waals surface area contributed by atoms with Crippen LogP contribution < -0.4 is 11.1 Å². The van der Waals surface area contributed by atoms with Crippen molar-refractivity contribution in [1.29, 1.82) is 0 Å². The van der Waals surface area contributed by atoms with Crippen molar-refractivity contribution >= 4 is 5.91 Å². The Kier molecular flexibility index (Phi) is 22.4. The molecule has 1 amide bonds. The molecule has 1 fully saturated rings. The first-order chi connectivity index (χ1) is 20.7. The number of nitrogens with one attached hydrogen (secondary N) is 1. The zero-order valence-electron chi connectivity index (χ0n) is 26.4. The summed E-state index contributed by atoms with van der Waals surface area (Å²) in [5, 5.41) is 30.5. The van der Waals surface area contributed by atoms with Crippen LogP contribution in [-0.4, -0.2) is 135 Å². The number of hydrogen-bond donors (Lipinski definition) is 4. The lowest BCUT2D eigenvalue weighted by Gasteiger charge is -2.31. The van der Waals surface area contributed by atoms with Gasteiger partial charge >= 0.3 is 0 Å². The normalized spacial score (nSPS) is 18.7. The van der Waals surface area contributed by atoms with Gasteiger partial charge in [-0.3, -0.25) is 4.79 Å². The minimum Gasteiger partial charge on any atom is -0.390 e. The van der Waals surface area contributed by atoms with Gasteiger partial charge in [-0.1, -0.05) is 11.6 Å². The van der Waals surface area contributed by atoms with E-state index in [0.29, 0.717) is 84.5 Å². The van der Waals surface area contributed by atoms with Crippen molar-refractivity contribution in [2.45, 2.75) is 83.1 Å². The average molecular weight is 622 g/mol. The number of hydrogen-bond acceptors (Lipinski definition) is 13. The van der Waals surface area contributed by atoms with Crippen molar-refractivity contribution in [2.24, 2.45) is 5.73 Å². The lowest BCUT2D eigenvalue weighted by molar-refractivity contribution is -0.156. The number of unbranched alkanes of at least 4 members (excludes halogenated alkanes) is 2.